The number of nitrogens with one attached hydrogen (secondary N) is 1. The standard InChI is InChI=1S/C22H28N2O3S/c1-4-17-9-8-10-18(5-2)21(17)23-22(25)19-12-11-16(3)20(15-19)28(26,27)24-13-6-7-14-24/h8-12,15H,4-7,13-14H2,1-3H3,(H,23,25). The molecule has 5 nitrogen and oxygen atoms in total. The summed E-state index contributed by atoms with van der Waals surface area (Å²) in [6.07, 6.45) is 3.38. The average molecular weight is 401 g/mol. The number of sulfonamides is 1. The summed E-state index contributed by atoms with van der Waals surface area (Å²) in [5.74, 6) is -0.284. The molecule has 3 rings (SSSR count). The maximum absolute atomic E-state index is 13.0. The molecule has 0 radical (unpaired) electrons. The number of carbonyl (C=O) groups excluding carboxylic acids is 1. The zero-order valence-electron chi connectivity index (χ0n) is 16.8. The highest BCUT2D eigenvalue weighted by molar-refractivity contribution is 7.89. The van der Waals surface area contributed by atoms with Gasteiger partial charge in [0, 0.05) is 24.3 Å². The molecule has 2 aromatic rings. The predicted octanol–water partition coefficient (Wildman–Crippen LogP) is 4.16. The van der Waals surface area contributed by atoms with E-state index >= 15 is 0 Å². The summed E-state index contributed by atoms with van der Waals surface area (Å²) in [5.41, 5.74) is 4.00. The van der Waals surface area contributed by atoms with Crippen LogP contribution in [0.4, 0.5) is 5.69 Å². The largest absolute Gasteiger partial charge is 0.321 e. The fourth-order valence-corrected chi connectivity index (χ4v) is 5.44. The van der Waals surface area contributed by atoms with E-state index in [-0.39, 0.29) is 10.8 Å². The van der Waals surface area contributed by atoms with Crippen LogP contribution in [0, 0.1) is 6.92 Å². The molecule has 1 N–H and O–H groups in total. The molecule has 6 heteroatoms. The summed E-state index contributed by atoms with van der Waals surface area (Å²) < 4.78 is 27.5. The first-order chi connectivity index (χ1) is 13.4. The highest BCUT2D eigenvalue weighted by Crippen LogP contribution is 2.26. The Hall–Kier alpha value is -2.18. The van der Waals surface area contributed by atoms with Crippen molar-refractivity contribution >= 4 is 21.6 Å². The van der Waals surface area contributed by atoms with E-state index in [1.165, 1.54) is 10.4 Å². The van der Waals surface area contributed by atoms with Gasteiger partial charge in [-0.2, -0.15) is 4.31 Å². The topological polar surface area (TPSA) is 66.5 Å². The molecule has 150 valence electrons. The third-order valence-corrected chi connectivity index (χ3v) is 7.41. The zero-order valence-corrected chi connectivity index (χ0v) is 17.6. The summed E-state index contributed by atoms with van der Waals surface area (Å²) >= 11 is 0. The molecule has 1 saturated heterocycles. The lowest BCUT2D eigenvalue weighted by Crippen LogP contribution is -2.28. The number of amides is 1. The van der Waals surface area contributed by atoms with Gasteiger partial charge in [-0.25, -0.2) is 8.42 Å². The minimum absolute atomic E-state index is 0.224. The molecule has 0 unspecified atom stereocenters. The fraction of sp³-hybridized carbons (Fsp3) is 0.409. The molecule has 0 saturated carbocycles. The molecular formula is C22H28N2O3S. The van der Waals surface area contributed by atoms with Gasteiger partial charge in [0.15, 0.2) is 0 Å². The van der Waals surface area contributed by atoms with Crippen molar-refractivity contribution in [3.05, 3.63) is 58.7 Å². The molecule has 0 spiro atoms. The van der Waals surface area contributed by atoms with E-state index in [0.717, 1.165) is 42.5 Å². The Morgan fingerprint density at radius 2 is 1.64 bits per heavy atom. The maximum Gasteiger partial charge on any atom is 0.255 e. The van der Waals surface area contributed by atoms with Gasteiger partial charge >= 0.3 is 0 Å². The molecule has 1 amide bonds. The summed E-state index contributed by atoms with van der Waals surface area (Å²) in [5, 5.41) is 3.02. The van der Waals surface area contributed by atoms with E-state index < -0.39 is 10.0 Å². The number of anilines is 1. The van der Waals surface area contributed by atoms with Crippen LogP contribution in [0.3, 0.4) is 0 Å². The van der Waals surface area contributed by atoms with Crippen molar-refractivity contribution in [2.45, 2.75) is 51.3 Å². The van der Waals surface area contributed by atoms with Crippen molar-refractivity contribution in [1.29, 1.82) is 0 Å². The van der Waals surface area contributed by atoms with Crippen LogP contribution in [0.1, 0.15) is 53.7 Å². The second-order valence-electron chi connectivity index (χ2n) is 7.20. The molecule has 0 aliphatic carbocycles. The van der Waals surface area contributed by atoms with E-state index in [0.29, 0.717) is 24.2 Å². The van der Waals surface area contributed by atoms with Crippen molar-refractivity contribution in [3.8, 4) is 0 Å². The number of aryl methyl sites for hydroxylation is 3. The molecular weight excluding hydrogens is 372 g/mol. The Balaban J connectivity index is 1.94. The van der Waals surface area contributed by atoms with Crippen LogP contribution in [0.2, 0.25) is 0 Å². The predicted molar refractivity (Wildman–Crippen MR) is 112 cm³/mol. The first kappa shape index (κ1) is 20.6. The van der Waals surface area contributed by atoms with Crippen molar-refractivity contribution in [3.63, 3.8) is 0 Å². The van der Waals surface area contributed by atoms with E-state index in [1.54, 1.807) is 19.1 Å². The van der Waals surface area contributed by atoms with E-state index in [2.05, 4.69) is 19.2 Å². The van der Waals surface area contributed by atoms with Gasteiger partial charge in [-0.3, -0.25) is 4.79 Å². The number of carbonyl (C=O) groups is 1. The summed E-state index contributed by atoms with van der Waals surface area (Å²) in [6.45, 7) is 6.96. The first-order valence-electron chi connectivity index (χ1n) is 9.91. The van der Waals surface area contributed by atoms with Gasteiger partial charge in [-0.1, -0.05) is 38.1 Å². The van der Waals surface area contributed by atoms with E-state index in [9.17, 15) is 13.2 Å². The Morgan fingerprint density at radius 1 is 1.04 bits per heavy atom. The monoisotopic (exact) mass is 400 g/mol. The van der Waals surface area contributed by atoms with E-state index in [4.69, 9.17) is 0 Å². The third-order valence-electron chi connectivity index (χ3n) is 5.37. The van der Waals surface area contributed by atoms with Gasteiger partial charge in [0.1, 0.15) is 0 Å². The van der Waals surface area contributed by atoms with Crippen LogP contribution in [0.25, 0.3) is 0 Å². The molecule has 28 heavy (non-hydrogen) atoms. The smallest absolute Gasteiger partial charge is 0.255 e. The Morgan fingerprint density at radius 3 is 2.21 bits per heavy atom. The molecule has 1 aliphatic heterocycles. The minimum atomic E-state index is -3.57. The number of hydrogen-bond acceptors (Lipinski definition) is 3. The van der Waals surface area contributed by atoms with Crippen molar-refractivity contribution < 1.29 is 13.2 Å². The Labute approximate surface area is 167 Å². The molecule has 0 bridgehead atoms. The highest BCUT2D eigenvalue weighted by Gasteiger charge is 2.29. The zero-order chi connectivity index (χ0) is 20.3. The summed E-state index contributed by atoms with van der Waals surface area (Å²) in [6, 6.07) is 10.9. The average Bonchev–Trinajstić information content (AvgIpc) is 3.24. The molecule has 1 heterocycles. The van der Waals surface area contributed by atoms with Gasteiger partial charge in [0.05, 0.1) is 4.90 Å². The molecule has 1 aliphatic rings. The Kier molecular flexibility index (Phi) is 6.20. The lowest BCUT2D eigenvalue weighted by atomic mass is 10.0. The SMILES string of the molecule is CCc1cccc(CC)c1NC(=O)c1ccc(C)c(S(=O)(=O)N2CCCC2)c1. The van der Waals surface area contributed by atoms with E-state index in [1.807, 2.05) is 18.2 Å². The van der Waals surface area contributed by atoms with Crippen molar-refractivity contribution in [1.82, 2.24) is 4.31 Å². The Bertz CT molecular complexity index is 955. The lowest BCUT2D eigenvalue weighted by Gasteiger charge is -2.18. The van der Waals surface area contributed by atoms with Gasteiger partial charge in [-0.15, -0.1) is 0 Å². The quantitative estimate of drug-likeness (QED) is 0.792. The van der Waals surface area contributed by atoms with Gasteiger partial charge in [0.2, 0.25) is 10.0 Å². The maximum atomic E-state index is 13.0. The van der Waals surface area contributed by atoms with Gasteiger partial charge in [0.25, 0.3) is 5.91 Å². The number of rotatable bonds is 6. The normalized spacial score (nSPS) is 15.0. The van der Waals surface area contributed by atoms with Crippen LogP contribution in [-0.4, -0.2) is 31.7 Å². The van der Waals surface area contributed by atoms with Crippen LogP contribution in [0.15, 0.2) is 41.3 Å². The molecule has 2 aromatic carbocycles. The number of benzene rings is 2. The van der Waals surface area contributed by atoms with Gasteiger partial charge < -0.3 is 5.32 Å². The number of nitrogens with zero attached hydrogens (tertiary/aromatic N) is 1. The summed E-state index contributed by atoms with van der Waals surface area (Å²) in [4.78, 5) is 13.2. The van der Waals surface area contributed by atoms with Crippen molar-refractivity contribution in [2.75, 3.05) is 18.4 Å². The molecule has 0 aromatic heterocycles. The molecule has 1 fully saturated rings. The van der Waals surface area contributed by atoms with Crippen LogP contribution in [-0.2, 0) is 22.9 Å². The number of para-hydroxylation sites is 1. The second kappa shape index (κ2) is 8.45. The van der Waals surface area contributed by atoms with Crippen LogP contribution >= 0.6 is 0 Å². The lowest BCUT2D eigenvalue weighted by molar-refractivity contribution is 0.102. The number of hydrogen-bond donors (Lipinski definition) is 1. The summed E-state index contributed by atoms with van der Waals surface area (Å²) in [7, 11) is -3.57. The minimum Gasteiger partial charge on any atom is -0.321 e. The fourth-order valence-electron chi connectivity index (χ4n) is 3.68. The van der Waals surface area contributed by atoms with Crippen LogP contribution < -0.4 is 5.32 Å². The first-order valence-corrected chi connectivity index (χ1v) is 11.4. The highest BCUT2D eigenvalue weighted by atomic mass is 32.2. The third kappa shape index (κ3) is 3.98. The second-order valence-corrected chi connectivity index (χ2v) is 9.11. The molecule has 0 atom stereocenters. The van der Waals surface area contributed by atoms with Gasteiger partial charge in [-0.05, 0) is 61.4 Å². The van der Waals surface area contributed by atoms with Crippen molar-refractivity contribution in [2.24, 2.45) is 0 Å². The van der Waals surface area contributed by atoms with Crippen LogP contribution in [0.5, 0.6) is 0 Å².